The van der Waals surface area contributed by atoms with Crippen LogP contribution in [0.2, 0.25) is 0 Å². The largest absolute Gasteiger partial charge is 0.361 e. The lowest BCUT2D eigenvalue weighted by molar-refractivity contribution is -0.108. The zero-order valence-electron chi connectivity index (χ0n) is 6.00. The third-order valence-corrected chi connectivity index (χ3v) is 1.32. The lowest BCUT2D eigenvalue weighted by Gasteiger charge is -1.91. The maximum absolute atomic E-state index is 10.2. The summed E-state index contributed by atoms with van der Waals surface area (Å²) in [6.45, 7) is 3.58. The molecule has 0 bridgehead atoms. The predicted octanol–water partition coefficient (Wildman–Crippen LogP) is 1.29. The van der Waals surface area contributed by atoms with E-state index in [2.05, 4.69) is 5.16 Å². The Bertz CT molecular complexity index is 229. The van der Waals surface area contributed by atoms with Gasteiger partial charge in [0.2, 0.25) is 0 Å². The molecule has 0 spiro atoms. The van der Waals surface area contributed by atoms with Crippen molar-refractivity contribution in [3.63, 3.8) is 0 Å². The van der Waals surface area contributed by atoms with Crippen LogP contribution in [0, 0.1) is 6.92 Å². The highest BCUT2D eigenvalue weighted by Crippen LogP contribution is 2.11. The monoisotopic (exact) mass is 139 g/mol. The van der Waals surface area contributed by atoms with Crippen LogP contribution in [0.3, 0.4) is 0 Å². The molecule has 3 heteroatoms. The SMILES string of the molecule is Cc1cc(C(C)C=O)no1. The summed E-state index contributed by atoms with van der Waals surface area (Å²) in [5.41, 5.74) is 0.701. The van der Waals surface area contributed by atoms with Crippen molar-refractivity contribution < 1.29 is 9.32 Å². The standard InChI is InChI=1S/C7H9NO2/c1-5(4-9)7-3-6(2)10-8-7/h3-5H,1-2H3. The van der Waals surface area contributed by atoms with Crippen molar-refractivity contribution in [1.82, 2.24) is 5.16 Å². The van der Waals surface area contributed by atoms with Crippen molar-refractivity contribution in [3.05, 3.63) is 17.5 Å². The number of nitrogens with zero attached hydrogens (tertiary/aromatic N) is 1. The molecule has 0 amide bonds. The third-order valence-electron chi connectivity index (χ3n) is 1.32. The highest BCUT2D eigenvalue weighted by Gasteiger charge is 2.07. The second-order valence-electron chi connectivity index (χ2n) is 2.29. The molecule has 0 radical (unpaired) electrons. The van der Waals surface area contributed by atoms with Crippen LogP contribution < -0.4 is 0 Å². The van der Waals surface area contributed by atoms with Crippen molar-refractivity contribution in [1.29, 1.82) is 0 Å². The number of aromatic nitrogens is 1. The Labute approximate surface area is 59.0 Å². The van der Waals surface area contributed by atoms with Gasteiger partial charge in [-0.2, -0.15) is 0 Å². The number of rotatable bonds is 2. The van der Waals surface area contributed by atoms with Crippen molar-refractivity contribution in [2.45, 2.75) is 19.8 Å². The summed E-state index contributed by atoms with van der Waals surface area (Å²) in [6.07, 6.45) is 0.845. The number of hydrogen-bond donors (Lipinski definition) is 0. The molecule has 1 atom stereocenters. The number of aldehydes is 1. The predicted molar refractivity (Wildman–Crippen MR) is 35.7 cm³/mol. The van der Waals surface area contributed by atoms with E-state index >= 15 is 0 Å². The fourth-order valence-electron chi connectivity index (χ4n) is 0.670. The molecule has 3 nitrogen and oxygen atoms in total. The molecule has 54 valence electrons. The van der Waals surface area contributed by atoms with Crippen LogP contribution in [0.15, 0.2) is 10.6 Å². The Morgan fingerprint density at radius 2 is 2.50 bits per heavy atom. The molecule has 0 fully saturated rings. The van der Waals surface area contributed by atoms with Crippen molar-refractivity contribution in [2.24, 2.45) is 0 Å². The number of aryl methyl sites for hydroxylation is 1. The Balaban J connectivity index is 2.84. The first-order valence-corrected chi connectivity index (χ1v) is 3.12. The summed E-state index contributed by atoms with van der Waals surface area (Å²) in [4.78, 5) is 10.2. The van der Waals surface area contributed by atoms with E-state index < -0.39 is 0 Å². The van der Waals surface area contributed by atoms with E-state index in [1.807, 2.05) is 0 Å². The van der Waals surface area contributed by atoms with Gasteiger partial charge in [0.25, 0.3) is 0 Å². The van der Waals surface area contributed by atoms with E-state index in [1.54, 1.807) is 19.9 Å². The van der Waals surface area contributed by atoms with Crippen molar-refractivity contribution in [2.75, 3.05) is 0 Å². The summed E-state index contributed by atoms with van der Waals surface area (Å²) >= 11 is 0. The minimum atomic E-state index is -0.155. The first-order valence-electron chi connectivity index (χ1n) is 3.12. The van der Waals surface area contributed by atoms with Crippen LogP contribution in [0.1, 0.15) is 24.3 Å². The molecule has 0 aromatic carbocycles. The number of carbonyl (C=O) groups is 1. The summed E-state index contributed by atoms with van der Waals surface area (Å²) < 4.78 is 4.78. The van der Waals surface area contributed by atoms with Gasteiger partial charge in [-0.3, -0.25) is 0 Å². The number of hydrogen-bond acceptors (Lipinski definition) is 3. The van der Waals surface area contributed by atoms with Gasteiger partial charge in [0, 0.05) is 6.07 Å². The minimum Gasteiger partial charge on any atom is -0.361 e. The second kappa shape index (κ2) is 2.64. The third kappa shape index (κ3) is 1.23. The summed E-state index contributed by atoms with van der Waals surface area (Å²) in [7, 11) is 0. The fraction of sp³-hybridized carbons (Fsp3) is 0.429. The maximum Gasteiger partial charge on any atom is 0.133 e. The van der Waals surface area contributed by atoms with E-state index in [0.717, 1.165) is 12.0 Å². The van der Waals surface area contributed by atoms with E-state index in [4.69, 9.17) is 4.52 Å². The molecular weight excluding hydrogens is 130 g/mol. The van der Waals surface area contributed by atoms with Gasteiger partial charge < -0.3 is 9.32 Å². The molecule has 1 heterocycles. The van der Waals surface area contributed by atoms with Gasteiger partial charge in [-0.15, -0.1) is 0 Å². The molecule has 0 N–H and O–H groups in total. The van der Waals surface area contributed by atoms with Gasteiger partial charge in [0.1, 0.15) is 12.0 Å². The van der Waals surface area contributed by atoms with E-state index in [9.17, 15) is 4.79 Å². The van der Waals surface area contributed by atoms with Gasteiger partial charge >= 0.3 is 0 Å². The molecular formula is C7H9NO2. The Hall–Kier alpha value is -1.12. The van der Waals surface area contributed by atoms with Gasteiger partial charge in [-0.05, 0) is 6.92 Å². The van der Waals surface area contributed by atoms with E-state index in [-0.39, 0.29) is 5.92 Å². The Morgan fingerprint density at radius 1 is 1.80 bits per heavy atom. The van der Waals surface area contributed by atoms with Crippen molar-refractivity contribution in [3.8, 4) is 0 Å². The molecule has 0 aliphatic heterocycles. The molecule has 1 aromatic heterocycles. The topological polar surface area (TPSA) is 43.1 Å². The molecule has 1 aromatic rings. The molecule has 0 aliphatic carbocycles. The molecule has 10 heavy (non-hydrogen) atoms. The lowest BCUT2D eigenvalue weighted by atomic mass is 10.1. The highest BCUT2D eigenvalue weighted by molar-refractivity contribution is 5.59. The van der Waals surface area contributed by atoms with Gasteiger partial charge in [-0.1, -0.05) is 12.1 Å². The molecule has 0 aliphatic rings. The average molecular weight is 139 g/mol. The fourth-order valence-corrected chi connectivity index (χ4v) is 0.670. The summed E-state index contributed by atoms with van der Waals surface area (Å²) in [5.74, 6) is 0.584. The van der Waals surface area contributed by atoms with Crippen LogP contribution in [0.5, 0.6) is 0 Å². The quantitative estimate of drug-likeness (QED) is 0.580. The van der Waals surface area contributed by atoms with Crippen LogP contribution in [0.4, 0.5) is 0 Å². The second-order valence-corrected chi connectivity index (χ2v) is 2.29. The first-order chi connectivity index (χ1) is 4.74. The van der Waals surface area contributed by atoms with Gasteiger partial charge in [0.05, 0.1) is 11.6 Å². The molecule has 0 saturated heterocycles. The zero-order chi connectivity index (χ0) is 7.56. The smallest absolute Gasteiger partial charge is 0.133 e. The molecule has 1 rings (SSSR count). The summed E-state index contributed by atoms with van der Waals surface area (Å²) in [6, 6.07) is 1.76. The lowest BCUT2D eigenvalue weighted by Crippen LogP contribution is -1.92. The molecule has 0 saturated carbocycles. The average Bonchev–Trinajstić information content (AvgIpc) is 2.34. The Kier molecular flexibility index (Phi) is 1.85. The summed E-state index contributed by atoms with van der Waals surface area (Å²) in [5, 5.41) is 3.68. The molecule has 1 unspecified atom stereocenters. The number of carbonyl (C=O) groups excluding carboxylic acids is 1. The maximum atomic E-state index is 10.2. The highest BCUT2D eigenvalue weighted by atomic mass is 16.5. The van der Waals surface area contributed by atoms with E-state index in [0.29, 0.717) is 5.69 Å². The van der Waals surface area contributed by atoms with Crippen LogP contribution >= 0.6 is 0 Å². The van der Waals surface area contributed by atoms with Gasteiger partial charge in [-0.25, -0.2) is 0 Å². The van der Waals surface area contributed by atoms with Crippen molar-refractivity contribution >= 4 is 6.29 Å². The normalized spacial score (nSPS) is 13.0. The van der Waals surface area contributed by atoms with Crippen LogP contribution in [-0.4, -0.2) is 11.4 Å². The zero-order valence-corrected chi connectivity index (χ0v) is 6.00. The van der Waals surface area contributed by atoms with Crippen LogP contribution in [0.25, 0.3) is 0 Å². The Morgan fingerprint density at radius 3 is 2.90 bits per heavy atom. The van der Waals surface area contributed by atoms with Crippen LogP contribution in [-0.2, 0) is 4.79 Å². The minimum absolute atomic E-state index is 0.155. The van der Waals surface area contributed by atoms with Gasteiger partial charge in [0.15, 0.2) is 0 Å². The van der Waals surface area contributed by atoms with E-state index in [1.165, 1.54) is 0 Å². The first kappa shape index (κ1) is 6.99.